The van der Waals surface area contributed by atoms with E-state index in [1.165, 1.54) is 18.4 Å². The van der Waals surface area contributed by atoms with Gasteiger partial charge in [0.2, 0.25) is 0 Å². The van der Waals surface area contributed by atoms with Crippen LogP contribution in [0.3, 0.4) is 0 Å². The average Bonchev–Trinajstić information content (AvgIpc) is 3.18. The number of benzene rings is 1. The first-order chi connectivity index (χ1) is 9.28. The normalized spacial score (nSPS) is 17.1. The van der Waals surface area contributed by atoms with Crippen LogP contribution in [0.4, 0.5) is 5.69 Å². The SMILES string of the molecule is CC(C1CC1)N(C)c1ccc(CNC(C)(C)C)cc1Cl. The van der Waals surface area contributed by atoms with E-state index in [1.807, 2.05) is 0 Å². The molecule has 1 unspecified atom stereocenters. The molecule has 20 heavy (non-hydrogen) atoms. The Labute approximate surface area is 128 Å². The topological polar surface area (TPSA) is 15.3 Å². The Balaban J connectivity index is 2.05. The molecule has 0 aromatic heterocycles. The second-order valence-electron chi connectivity index (χ2n) is 7.08. The summed E-state index contributed by atoms with van der Waals surface area (Å²) < 4.78 is 0. The summed E-state index contributed by atoms with van der Waals surface area (Å²) in [4.78, 5) is 2.32. The van der Waals surface area contributed by atoms with E-state index in [-0.39, 0.29) is 5.54 Å². The van der Waals surface area contributed by atoms with Crippen LogP contribution in [0, 0.1) is 5.92 Å². The van der Waals surface area contributed by atoms with Crippen molar-refractivity contribution < 1.29 is 0 Å². The molecule has 1 N–H and O–H groups in total. The van der Waals surface area contributed by atoms with Gasteiger partial charge in [-0.3, -0.25) is 0 Å². The van der Waals surface area contributed by atoms with Gasteiger partial charge in [-0.25, -0.2) is 0 Å². The molecule has 1 aromatic carbocycles. The maximum Gasteiger partial charge on any atom is 0.0642 e. The fourth-order valence-corrected chi connectivity index (χ4v) is 2.76. The second kappa shape index (κ2) is 5.95. The Morgan fingerprint density at radius 1 is 1.35 bits per heavy atom. The summed E-state index contributed by atoms with van der Waals surface area (Å²) in [6.45, 7) is 9.67. The van der Waals surface area contributed by atoms with Crippen LogP contribution in [-0.4, -0.2) is 18.6 Å². The van der Waals surface area contributed by atoms with E-state index < -0.39 is 0 Å². The molecule has 0 radical (unpaired) electrons. The van der Waals surface area contributed by atoms with Gasteiger partial charge in [0.25, 0.3) is 0 Å². The molecule has 1 fully saturated rings. The van der Waals surface area contributed by atoms with Crippen molar-refractivity contribution in [3.05, 3.63) is 28.8 Å². The van der Waals surface area contributed by atoms with E-state index in [4.69, 9.17) is 11.6 Å². The number of halogens is 1. The molecule has 0 bridgehead atoms. The monoisotopic (exact) mass is 294 g/mol. The van der Waals surface area contributed by atoms with Crippen LogP contribution in [0.1, 0.15) is 46.1 Å². The summed E-state index contributed by atoms with van der Waals surface area (Å²) in [5, 5.41) is 4.35. The quantitative estimate of drug-likeness (QED) is 0.862. The van der Waals surface area contributed by atoms with Crippen molar-refractivity contribution in [2.24, 2.45) is 5.92 Å². The fraction of sp³-hybridized carbons (Fsp3) is 0.647. The van der Waals surface area contributed by atoms with Gasteiger partial charge >= 0.3 is 0 Å². The van der Waals surface area contributed by atoms with Gasteiger partial charge in [0.15, 0.2) is 0 Å². The third-order valence-corrected chi connectivity index (χ3v) is 4.43. The Kier molecular flexibility index (Phi) is 4.66. The maximum atomic E-state index is 6.47. The smallest absolute Gasteiger partial charge is 0.0642 e. The van der Waals surface area contributed by atoms with E-state index >= 15 is 0 Å². The molecule has 1 atom stereocenters. The summed E-state index contributed by atoms with van der Waals surface area (Å²) in [6.07, 6.45) is 2.72. The zero-order valence-electron chi connectivity index (χ0n) is 13.3. The van der Waals surface area contributed by atoms with Gasteiger partial charge in [-0.1, -0.05) is 17.7 Å². The highest BCUT2D eigenvalue weighted by Gasteiger charge is 2.31. The van der Waals surface area contributed by atoms with E-state index in [0.29, 0.717) is 6.04 Å². The molecular weight excluding hydrogens is 268 g/mol. The Hall–Kier alpha value is -0.730. The van der Waals surface area contributed by atoms with Crippen LogP contribution in [0.2, 0.25) is 5.02 Å². The number of hydrogen-bond acceptors (Lipinski definition) is 2. The first kappa shape index (κ1) is 15.7. The standard InChI is InChI=1S/C17H27ClN2/c1-12(14-7-8-14)20(5)16-9-6-13(10-15(16)18)11-19-17(2,3)4/h6,9-10,12,14,19H,7-8,11H2,1-5H3. The minimum absolute atomic E-state index is 0.127. The molecule has 112 valence electrons. The highest BCUT2D eigenvalue weighted by molar-refractivity contribution is 6.33. The lowest BCUT2D eigenvalue weighted by Gasteiger charge is -2.28. The van der Waals surface area contributed by atoms with E-state index in [9.17, 15) is 0 Å². The number of hydrogen-bond donors (Lipinski definition) is 1. The first-order valence-electron chi connectivity index (χ1n) is 7.54. The van der Waals surface area contributed by atoms with Gasteiger partial charge in [-0.15, -0.1) is 0 Å². The highest BCUT2D eigenvalue weighted by atomic mass is 35.5. The van der Waals surface area contributed by atoms with Crippen molar-refractivity contribution in [3.8, 4) is 0 Å². The van der Waals surface area contributed by atoms with Gasteiger partial charge < -0.3 is 10.2 Å². The Morgan fingerprint density at radius 2 is 2.00 bits per heavy atom. The average molecular weight is 295 g/mol. The van der Waals surface area contributed by atoms with E-state index in [1.54, 1.807) is 0 Å². The predicted molar refractivity (Wildman–Crippen MR) is 88.6 cm³/mol. The minimum atomic E-state index is 0.127. The molecule has 1 saturated carbocycles. The summed E-state index contributed by atoms with van der Waals surface area (Å²) in [7, 11) is 2.15. The number of nitrogens with zero attached hydrogens (tertiary/aromatic N) is 1. The van der Waals surface area contributed by atoms with Gasteiger partial charge in [-0.2, -0.15) is 0 Å². The van der Waals surface area contributed by atoms with Gasteiger partial charge in [-0.05, 0) is 64.2 Å². The van der Waals surface area contributed by atoms with E-state index in [2.05, 4.69) is 63.2 Å². The molecule has 0 heterocycles. The lowest BCUT2D eigenvalue weighted by molar-refractivity contribution is 0.424. The van der Waals surface area contributed by atoms with Crippen molar-refractivity contribution in [1.82, 2.24) is 5.32 Å². The van der Waals surface area contributed by atoms with Crippen LogP contribution >= 0.6 is 11.6 Å². The lowest BCUT2D eigenvalue weighted by atomic mass is 10.1. The number of anilines is 1. The zero-order chi connectivity index (χ0) is 14.9. The molecule has 2 rings (SSSR count). The molecule has 2 nitrogen and oxygen atoms in total. The molecule has 0 saturated heterocycles. The van der Waals surface area contributed by atoms with Crippen molar-refractivity contribution >= 4 is 17.3 Å². The predicted octanol–water partition coefficient (Wildman–Crippen LogP) is 4.46. The van der Waals surface area contributed by atoms with Crippen LogP contribution in [-0.2, 0) is 6.54 Å². The largest absolute Gasteiger partial charge is 0.370 e. The van der Waals surface area contributed by atoms with Crippen LogP contribution in [0.5, 0.6) is 0 Å². The molecular formula is C17H27ClN2. The van der Waals surface area contributed by atoms with Gasteiger partial charge in [0.05, 0.1) is 10.7 Å². The summed E-state index contributed by atoms with van der Waals surface area (Å²) in [6, 6.07) is 6.99. The molecule has 1 aliphatic rings. The number of nitrogens with one attached hydrogen (secondary N) is 1. The van der Waals surface area contributed by atoms with Crippen LogP contribution in [0.25, 0.3) is 0 Å². The summed E-state index contributed by atoms with van der Waals surface area (Å²) in [5.41, 5.74) is 2.51. The van der Waals surface area contributed by atoms with Gasteiger partial charge in [0.1, 0.15) is 0 Å². The minimum Gasteiger partial charge on any atom is -0.370 e. The maximum absolute atomic E-state index is 6.47. The highest BCUT2D eigenvalue weighted by Crippen LogP contribution is 2.38. The molecule has 0 spiro atoms. The molecule has 0 amide bonds. The van der Waals surface area contributed by atoms with Gasteiger partial charge in [0, 0.05) is 25.2 Å². The Morgan fingerprint density at radius 3 is 2.50 bits per heavy atom. The Bertz CT molecular complexity index is 461. The molecule has 1 aliphatic carbocycles. The van der Waals surface area contributed by atoms with Crippen LogP contribution in [0.15, 0.2) is 18.2 Å². The third kappa shape index (κ3) is 4.13. The fourth-order valence-electron chi connectivity index (χ4n) is 2.43. The molecule has 0 aliphatic heterocycles. The zero-order valence-corrected chi connectivity index (χ0v) is 14.1. The number of rotatable bonds is 5. The van der Waals surface area contributed by atoms with Crippen molar-refractivity contribution in [3.63, 3.8) is 0 Å². The summed E-state index contributed by atoms with van der Waals surface area (Å²) >= 11 is 6.47. The van der Waals surface area contributed by atoms with Crippen molar-refractivity contribution in [1.29, 1.82) is 0 Å². The van der Waals surface area contributed by atoms with Crippen LogP contribution < -0.4 is 10.2 Å². The molecule has 1 aromatic rings. The summed E-state index contributed by atoms with van der Waals surface area (Å²) in [5.74, 6) is 0.846. The second-order valence-corrected chi connectivity index (χ2v) is 7.49. The third-order valence-electron chi connectivity index (χ3n) is 4.13. The lowest BCUT2D eigenvalue weighted by Crippen LogP contribution is -2.35. The van der Waals surface area contributed by atoms with Crippen molar-refractivity contribution in [2.45, 2.75) is 58.7 Å². The first-order valence-corrected chi connectivity index (χ1v) is 7.92. The molecule has 3 heteroatoms. The van der Waals surface area contributed by atoms with E-state index in [0.717, 1.165) is 23.2 Å². The van der Waals surface area contributed by atoms with Crippen molar-refractivity contribution in [2.75, 3.05) is 11.9 Å².